The summed E-state index contributed by atoms with van der Waals surface area (Å²) in [7, 11) is -1.84. The third-order valence-corrected chi connectivity index (χ3v) is 8.81. The van der Waals surface area contributed by atoms with Gasteiger partial charge in [-0.05, 0) is 38.3 Å². The minimum atomic E-state index is -3.50. The van der Waals surface area contributed by atoms with E-state index in [4.69, 9.17) is 14.3 Å². The Labute approximate surface area is 197 Å². The highest BCUT2D eigenvalue weighted by Gasteiger charge is 2.31. The second-order valence-electron chi connectivity index (χ2n) is 8.12. The van der Waals surface area contributed by atoms with Crippen molar-refractivity contribution >= 4 is 37.9 Å². The lowest BCUT2D eigenvalue weighted by Gasteiger charge is -2.13. The third-order valence-electron chi connectivity index (χ3n) is 5.80. The number of hydrogen-bond acceptors (Lipinski definition) is 9. The maximum absolute atomic E-state index is 13.0. The number of anilines is 1. The summed E-state index contributed by atoms with van der Waals surface area (Å²) in [5.74, 6) is -0.481. The molecule has 2 aliphatic rings. The standard InChI is InChI=1S/C22H27N3O6S2/c1-14-12-23-22(32-14)24-21(26)20(25-31-17-6-5-16(11-17)29-2)15-3-7-18(8-4-15)33(27,28)19-9-10-30-13-19/h3-4,7-8,12,16-17,19H,5-6,9-11,13H2,1-2H3,(H,23,24,26)/t16-,17-,19+/m1/s1. The van der Waals surface area contributed by atoms with Crippen molar-refractivity contribution in [2.45, 2.75) is 55.0 Å². The van der Waals surface area contributed by atoms with Gasteiger partial charge >= 0.3 is 0 Å². The molecule has 0 spiro atoms. The van der Waals surface area contributed by atoms with Gasteiger partial charge in [-0.3, -0.25) is 10.1 Å². The van der Waals surface area contributed by atoms with E-state index in [2.05, 4.69) is 15.5 Å². The Balaban J connectivity index is 1.56. The van der Waals surface area contributed by atoms with Crippen LogP contribution in [0, 0.1) is 6.92 Å². The first-order chi connectivity index (χ1) is 15.9. The number of methoxy groups -OCH3 is 1. The van der Waals surface area contributed by atoms with E-state index in [0.29, 0.717) is 30.1 Å². The van der Waals surface area contributed by atoms with E-state index >= 15 is 0 Å². The molecule has 0 unspecified atom stereocenters. The van der Waals surface area contributed by atoms with E-state index in [-0.39, 0.29) is 29.4 Å². The van der Waals surface area contributed by atoms with Crippen LogP contribution in [0.3, 0.4) is 0 Å². The van der Waals surface area contributed by atoms with Crippen LogP contribution in [-0.2, 0) is 28.9 Å². The molecule has 1 saturated carbocycles. The number of sulfone groups is 1. The van der Waals surface area contributed by atoms with Crippen LogP contribution in [0.1, 0.15) is 36.1 Å². The minimum Gasteiger partial charge on any atom is -0.392 e. The molecule has 1 amide bonds. The van der Waals surface area contributed by atoms with Crippen molar-refractivity contribution in [1.29, 1.82) is 0 Å². The molecule has 178 valence electrons. The average molecular weight is 494 g/mol. The van der Waals surface area contributed by atoms with Crippen molar-refractivity contribution in [2.24, 2.45) is 5.16 Å². The van der Waals surface area contributed by atoms with Gasteiger partial charge in [0.25, 0.3) is 5.91 Å². The smallest absolute Gasteiger partial charge is 0.280 e. The summed E-state index contributed by atoms with van der Waals surface area (Å²) in [4.78, 5) is 24.0. The first-order valence-corrected chi connectivity index (χ1v) is 13.2. The molecular weight excluding hydrogens is 466 g/mol. The molecule has 3 atom stereocenters. The maximum atomic E-state index is 13.0. The molecule has 11 heteroatoms. The van der Waals surface area contributed by atoms with Gasteiger partial charge in [0, 0.05) is 36.8 Å². The highest BCUT2D eigenvalue weighted by molar-refractivity contribution is 7.92. The highest BCUT2D eigenvalue weighted by Crippen LogP contribution is 2.26. The molecule has 1 N–H and O–H groups in total. The van der Waals surface area contributed by atoms with Crippen LogP contribution in [0.4, 0.5) is 5.13 Å². The van der Waals surface area contributed by atoms with Gasteiger partial charge in [-0.15, -0.1) is 11.3 Å². The van der Waals surface area contributed by atoms with E-state index in [0.717, 1.165) is 17.7 Å². The van der Waals surface area contributed by atoms with Gasteiger partial charge in [0.05, 0.1) is 22.9 Å². The Bertz CT molecular complexity index is 1110. The normalized spacial score (nSPS) is 23.6. The molecule has 1 aliphatic carbocycles. The van der Waals surface area contributed by atoms with Crippen molar-refractivity contribution in [3.63, 3.8) is 0 Å². The molecule has 4 rings (SSSR count). The Morgan fingerprint density at radius 3 is 2.58 bits per heavy atom. The monoisotopic (exact) mass is 493 g/mol. The van der Waals surface area contributed by atoms with Crippen molar-refractivity contribution < 1.29 is 27.5 Å². The van der Waals surface area contributed by atoms with Crippen molar-refractivity contribution in [3.05, 3.63) is 40.9 Å². The molecule has 2 fully saturated rings. The zero-order valence-electron chi connectivity index (χ0n) is 18.5. The lowest BCUT2D eigenvalue weighted by Crippen LogP contribution is -2.25. The van der Waals surface area contributed by atoms with Crippen LogP contribution in [0.2, 0.25) is 0 Å². The molecule has 33 heavy (non-hydrogen) atoms. The second-order valence-corrected chi connectivity index (χ2v) is 11.6. The Kier molecular flexibility index (Phi) is 7.42. The average Bonchev–Trinajstić information content (AvgIpc) is 3.57. The first-order valence-electron chi connectivity index (χ1n) is 10.8. The number of hydrogen-bond donors (Lipinski definition) is 1. The molecule has 9 nitrogen and oxygen atoms in total. The number of oxime groups is 1. The largest absolute Gasteiger partial charge is 0.392 e. The van der Waals surface area contributed by atoms with Crippen LogP contribution < -0.4 is 5.32 Å². The van der Waals surface area contributed by atoms with Crippen LogP contribution in [0.5, 0.6) is 0 Å². The minimum absolute atomic E-state index is 0.0527. The predicted octanol–water partition coefficient (Wildman–Crippen LogP) is 2.94. The van der Waals surface area contributed by atoms with Crippen LogP contribution in [0.25, 0.3) is 0 Å². The lowest BCUT2D eigenvalue weighted by molar-refractivity contribution is -0.110. The first kappa shape index (κ1) is 23.8. The number of benzene rings is 1. The maximum Gasteiger partial charge on any atom is 0.280 e. The highest BCUT2D eigenvalue weighted by atomic mass is 32.2. The number of amides is 1. The quantitative estimate of drug-likeness (QED) is 0.444. The molecule has 1 aliphatic heterocycles. The van der Waals surface area contributed by atoms with E-state index < -0.39 is 21.0 Å². The predicted molar refractivity (Wildman–Crippen MR) is 124 cm³/mol. The zero-order valence-corrected chi connectivity index (χ0v) is 20.2. The number of carbonyl (C=O) groups is 1. The fourth-order valence-electron chi connectivity index (χ4n) is 3.88. The van der Waals surface area contributed by atoms with Gasteiger partial charge in [0.1, 0.15) is 6.10 Å². The molecule has 2 aromatic rings. The third kappa shape index (κ3) is 5.60. The number of nitrogens with one attached hydrogen (secondary N) is 1. The molecule has 0 radical (unpaired) electrons. The number of aromatic nitrogens is 1. The van der Waals surface area contributed by atoms with E-state index in [1.807, 2.05) is 6.92 Å². The lowest BCUT2D eigenvalue weighted by atomic mass is 10.1. The summed E-state index contributed by atoms with van der Waals surface area (Å²) < 4.78 is 36.2. The van der Waals surface area contributed by atoms with Crippen molar-refractivity contribution in [2.75, 3.05) is 25.6 Å². The van der Waals surface area contributed by atoms with Crippen LogP contribution in [-0.4, -0.2) is 62.8 Å². The fourth-order valence-corrected chi connectivity index (χ4v) is 6.13. The Morgan fingerprint density at radius 1 is 1.21 bits per heavy atom. The fraction of sp³-hybridized carbons (Fsp3) is 0.500. The molecule has 1 aromatic carbocycles. The number of aryl methyl sites for hydroxylation is 1. The number of carbonyl (C=O) groups excluding carboxylic acids is 1. The Morgan fingerprint density at radius 2 is 1.97 bits per heavy atom. The summed E-state index contributed by atoms with van der Waals surface area (Å²) in [6, 6.07) is 6.14. The molecule has 0 bridgehead atoms. The van der Waals surface area contributed by atoms with Gasteiger partial charge in [0.2, 0.25) is 0 Å². The van der Waals surface area contributed by atoms with E-state index in [1.165, 1.54) is 23.5 Å². The van der Waals surface area contributed by atoms with Crippen LogP contribution >= 0.6 is 11.3 Å². The summed E-state index contributed by atoms with van der Waals surface area (Å²) >= 11 is 1.35. The van der Waals surface area contributed by atoms with Gasteiger partial charge in [-0.25, -0.2) is 13.4 Å². The van der Waals surface area contributed by atoms with E-state index in [1.54, 1.807) is 25.4 Å². The van der Waals surface area contributed by atoms with Crippen LogP contribution in [0.15, 0.2) is 40.5 Å². The molecule has 2 heterocycles. The zero-order chi connectivity index (χ0) is 23.4. The molecule has 1 saturated heterocycles. The van der Waals surface area contributed by atoms with Gasteiger partial charge in [-0.2, -0.15) is 0 Å². The van der Waals surface area contributed by atoms with Gasteiger partial charge < -0.3 is 14.3 Å². The summed E-state index contributed by atoms with van der Waals surface area (Å²) in [5, 5.41) is 6.82. The Hall–Kier alpha value is -2.34. The number of ether oxygens (including phenoxy) is 2. The summed E-state index contributed by atoms with van der Waals surface area (Å²) in [5.41, 5.74) is 0.501. The van der Waals surface area contributed by atoms with Gasteiger partial charge in [0.15, 0.2) is 20.7 Å². The van der Waals surface area contributed by atoms with Crippen molar-refractivity contribution in [1.82, 2.24) is 4.98 Å². The molecular formula is C22H27N3O6S2. The number of thiazole rings is 1. The molecule has 1 aromatic heterocycles. The SMILES string of the molecule is CO[C@@H]1CC[C@@H](ON=C(C(=O)Nc2ncc(C)s2)c2ccc(S(=O)(=O)[C@H]3CCOC3)cc2)C1. The topological polar surface area (TPSA) is 116 Å². The van der Waals surface area contributed by atoms with E-state index in [9.17, 15) is 13.2 Å². The number of rotatable bonds is 8. The van der Waals surface area contributed by atoms with Crippen molar-refractivity contribution in [3.8, 4) is 0 Å². The summed E-state index contributed by atoms with van der Waals surface area (Å²) in [6.07, 6.45) is 4.46. The summed E-state index contributed by atoms with van der Waals surface area (Å²) in [6.45, 7) is 2.54. The number of nitrogens with zero attached hydrogens (tertiary/aromatic N) is 2. The van der Waals surface area contributed by atoms with Gasteiger partial charge in [-0.1, -0.05) is 17.3 Å². The second kappa shape index (κ2) is 10.3.